The lowest BCUT2D eigenvalue weighted by atomic mass is 9.89. The van der Waals surface area contributed by atoms with E-state index in [1.165, 1.54) is 5.56 Å². The van der Waals surface area contributed by atoms with Crippen LogP contribution >= 0.6 is 0 Å². The first-order valence-corrected chi connectivity index (χ1v) is 11.7. The highest BCUT2D eigenvalue weighted by molar-refractivity contribution is 5.79. The molecule has 0 spiro atoms. The molecule has 1 amide bonds. The lowest BCUT2D eigenvalue weighted by Crippen LogP contribution is -2.47. The number of carbonyl (C=O) groups excluding carboxylic acids is 1. The quantitative estimate of drug-likeness (QED) is 0.599. The van der Waals surface area contributed by atoms with E-state index >= 15 is 0 Å². The third-order valence-electron chi connectivity index (χ3n) is 6.77. The van der Waals surface area contributed by atoms with E-state index in [1.54, 1.807) is 0 Å². The maximum absolute atomic E-state index is 13.3. The van der Waals surface area contributed by atoms with Crippen LogP contribution in [0.15, 0.2) is 65.1 Å². The fourth-order valence-corrected chi connectivity index (χ4v) is 4.96. The van der Waals surface area contributed by atoms with Gasteiger partial charge in [-0.15, -0.1) is 5.10 Å². The van der Waals surface area contributed by atoms with Crippen LogP contribution < -0.4 is 4.90 Å². The molecule has 2 saturated heterocycles. The molecule has 3 heterocycles. The van der Waals surface area contributed by atoms with Gasteiger partial charge in [0, 0.05) is 31.7 Å². The molecule has 0 saturated carbocycles. The first-order valence-electron chi connectivity index (χ1n) is 11.7. The maximum Gasteiger partial charge on any atom is 0.318 e. The van der Waals surface area contributed by atoms with Crippen molar-refractivity contribution in [3.8, 4) is 11.5 Å². The fourth-order valence-electron chi connectivity index (χ4n) is 4.96. The minimum Gasteiger partial charge on any atom is -0.403 e. The van der Waals surface area contributed by atoms with Gasteiger partial charge in [-0.1, -0.05) is 53.6 Å². The van der Waals surface area contributed by atoms with Crippen molar-refractivity contribution in [1.29, 1.82) is 0 Å². The number of carbonyl (C=O) groups is 1. The Morgan fingerprint density at radius 3 is 2.38 bits per heavy atom. The standard InChI is InChI=1S/C26H30N4O2/c31-25(29-16-13-21(14-17-29)18-20-8-3-1-4-9-20)23-12-7-15-30(19-23)26-28-27-24(32-26)22-10-5-2-6-11-22/h1-6,8-11,21,23H,7,12-19H2. The molecule has 166 valence electrons. The number of likely N-dealkylation sites (tertiary alicyclic amines) is 1. The van der Waals surface area contributed by atoms with Crippen LogP contribution in [0.5, 0.6) is 0 Å². The van der Waals surface area contributed by atoms with Gasteiger partial charge >= 0.3 is 6.01 Å². The predicted octanol–water partition coefficient (Wildman–Crippen LogP) is 4.43. The summed E-state index contributed by atoms with van der Waals surface area (Å²) in [6.07, 6.45) is 5.17. The highest BCUT2D eigenvalue weighted by Gasteiger charge is 2.33. The van der Waals surface area contributed by atoms with E-state index in [-0.39, 0.29) is 11.8 Å². The van der Waals surface area contributed by atoms with Crippen molar-refractivity contribution in [3.05, 3.63) is 66.2 Å². The average molecular weight is 431 g/mol. The van der Waals surface area contributed by atoms with Crippen molar-refractivity contribution in [2.24, 2.45) is 11.8 Å². The molecule has 6 heteroatoms. The first-order chi connectivity index (χ1) is 15.8. The van der Waals surface area contributed by atoms with E-state index in [1.807, 2.05) is 30.3 Å². The molecule has 5 rings (SSSR count). The molecule has 3 aromatic rings. The molecule has 0 bridgehead atoms. The van der Waals surface area contributed by atoms with E-state index in [0.29, 0.717) is 24.4 Å². The third kappa shape index (κ3) is 4.69. The predicted molar refractivity (Wildman–Crippen MR) is 124 cm³/mol. The Kier molecular flexibility index (Phi) is 6.19. The lowest BCUT2D eigenvalue weighted by Gasteiger charge is -2.37. The molecule has 0 N–H and O–H groups in total. The molecule has 2 aromatic carbocycles. The second-order valence-corrected chi connectivity index (χ2v) is 9.00. The number of rotatable bonds is 5. The molecule has 1 unspecified atom stereocenters. The zero-order valence-electron chi connectivity index (χ0n) is 18.4. The number of aromatic nitrogens is 2. The summed E-state index contributed by atoms with van der Waals surface area (Å²) < 4.78 is 5.93. The van der Waals surface area contributed by atoms with Gasteiger partial charge in [-0.25, -0.2) is 0 Å². The number of amides is 1. The summed E-state index contributed by atoms with van der Waals surface area (Å²) in [7, 11) is 0. The minimum atomic E-state index is 0.00139. The van der Waals surface area contributed by atoms with Gasteiger partial charge in [0.05, 0.1) is 5.92 Å². The van der Waals surface area contributed by atoms with Crippen LogP contribution in [-0.2, 0) is 11.2 Å². The van der Waals surface area contributed by atoms with Crippen LogP contribution in [0.3, 0.4) is 0 Å². The zero-order chi connectivity index (χ0) is 21.8. The van der Waals surface area contributed by atoms with E-state index in [2.05, 4.69) is 50.3 Å². The minimum absolute atomic E-state index is 0.00139. The summed E-state index contributed by atoms with van der Waals surface area (Å²) in [5.74, 6) is 1.48. The number of benzene rings is 2. The van der Waals surface area contributed by atoms with Gasteiger partial charge in [-0.05, 0) is 55.7 Å². The van der Waals surface area contributed by atoms with Crippen LogP contribution in [0.4, 0.5) is 6.01 Å². The molecule has 6 nitrogen and oxygen atoms in total. The van der Waals surface area contributed by atoms with Gasteiger partial charge in [0.25, 0.3) is 0 Å². The van der Waals surface area contributed by atoms with Gasteiger partial charge < -0.3 is 14.2 Å². The molecular weight excluding hydrogens is 400 g/mol. The van der Waals surface area contributed by atoms with E-state index < -0.39 is 0 Å². The summed E-state index contributed by atoms with van der Waals surface area (Å²) >= 11 is 0. The Labute approximate surface area is 189 Å². The topological polar surface area (TPSA) is 62.5 Å². The van der Waals surface area contributed by atoms with Crippen LogP contribution in [0.2, 0.25) is 0 Å². The number of hydrogen-bond donors (Lipinski definition) is 0. The van der Waals surface area contributed by atoms with Gasteiger partial charge in [-0.2, -0.15) is 0 Å². The van der Waals surface area contributed by atoms with Crippen LogP contribution in [0.25, 0.3) is 11.5 Å². The highest BCUT2D eigenvalue weighted by atomic mass is 16.4. The molecule has 2 aliphatic rings. The van der Waals surface area contributed by atoms with Crippen molar-refractivity contribution in [1.82, 2.24) is 15.1 Å². The van der Waals surface area contributed by atoms with Crippen molar-refractivity contribution in [3.63, 3.8) is 0 Å². The molecule has 0 aliphatic carbocycles. The third-order valence-corrected chi connectivity index (χ3v) is 6.77. The molecule has 32 heavy (non-hydrogen) atoms. The summed E-state index contributed by atoms with van der Waals surface area (Å²) in [6, 6.07) is 21.0. The smallest absolute Gasteiger partial charge is 0.318 e. The average Bonchev–Trinajstić information content (AvgIpc) is 3.36. The van der Waals surface area contributed by atoms with Crippen molar-refractivity contribution in [2.75, 3.05) is 31.1 Å². The van der Waals surface area contributed by atoms with Crippen LogP contribution in [0.1, 0.15) is 31.2 Å². The van der Waals surface area contributed by atoms with E-state index in [9.17, 15) is 4.79 Å². The summed E-state index contributed by atoms with van der Waals surface area (Å²) in [5, 5.41) is 8.47. The maximum atomic E-state index is 13.3. The Morgan fingerprint density at radius 1 is 0.906 bits per heavy atom. The highest BCUT2D eigenvalue weighted by Crippen LogP contribution is 2.28. The number of anilines is 1. The monoisotopic (exact) mass is 430 g/mol. The number of hydrogen-bond acceptors (Lipinski definition) is 5. The summed E-state index contributed by atoms with van der Waals surface area (Å²) in [6.45, 7) is 3.23. The lowest BCUT2D eigenvalue weighted by molar-refractivity contribution is -0.137. The van der Waals surface area contributed by atoms with Gasteiger partial charge in [0.2, 0.25) is 11.8 Å². The second-order valence-electron chi connectivity index (χ2n) is 9.00. The Morgan fingerprint density at radius 2 is 1.62 bits per heavy atom. The second kappa shape index (κ2) is 9.55. The summed E-state index contributed by atoms with van der Waals surface area (Å²) in [4.78, 5) is 17.4. The normalized spacial score (nSPS) is 19.8. The Balaban J connectivity index is 1.16. The van der Waals surface area contributed by atoms with Gasteiger partial charge in [0.15, 0.2) is 0 Å². The molecule has 1 aromatic heterocycles. The van der Waals surface area contributed by atoms with Crippen molar-refractivity contribution >= 4 is 11.9 Å². The largest absolute Gasteiger partial charge is 0.403 e. The first kappa shape index (κ1) is 20.7. The molecule has 2 fully saturated rings. The Bertz CT molecular complexity index is 1010. The van der Waals surface area contributed by atoms with Gasteiger partial charge in [0.1, 0.15) is 0 Å². The fraction of sp³-hybridized carbons (Fsp3) is 0.423. The SMILES string of the molecule is O=C(C1CCCN(c2nnc(-c3ccccc3)o2)C1)N1CCC(Cc2ccccc2)CC1. The number of piperidine rings is 2. The van der Waals surface area contributed by atoms with Crippen LogP contribution in [0, 0.1) is 11.8 Å². The Hall–Kier alpha value is -3.15. The van der Waals surface area contributed by atoms with Crippen molar-refractivity contribution in [2.45, 2.75) is 32.1 Å². The van der Waals surface area contributed by atoms with Gasteiger partial charge in [-0.3, -0.25) is 4.79 Å². The molecule has 0 radical (unpaired) electrons. The van der Waals surface area contributed by atoms with E-state index in [4.69, 9.17) is 4.42 Å². The van der Waals surface area contributed by atoms with Crippen LogP contribution in [-0.4, -0.2) is 47.2 Å². The van der Waals surface area contributed by atoms with Crippen molar-refractivity contribution < 1.29 is 9.21 Å². The number of nitrogens with zero attached hydrogens (tertiary/aromatic N) is 4. The molecule has 1 atom stereocenters. The zero-order valence-corrected chi connectivity index (χ0v) is 18.4. The molecular formula is C26H30N4O2. The molecule has 2 aliphatic heterocycles. The summed E-state index contributed by atoms with van der Waals surface area (Å²) in [5.41, 5.74) is 2.31. The van der Waals surface area contributed by atoms with E-state index in [0.717, 1.165) is 57.3 Å².